The van der Waals surface area contributed by atoms with Gasteiger partial charge in [-0.15, -0.1) is 0 Å². The maximum atomic E-state index is 5.95. The van der Waals surface area contributed by atoms with Crippen LogP contribution in [0.2, 0.25) is 0 Å². The Bertz CT molecular complexity index is 439. The summed E-state index contributed by atoms with van der Waals surface area (Å²) in [7, 11) is 3.34. The van der Waals surface area contributed by atoms with Crippen molar-refractivity contribution in [3.8, 4) is 11.5 Å². The fourth-order valence-corrected chi connectivity index (χ4v) is 3.69. The lowest BCUT2D eigenvalue weighted by Crippen LogP contribution is -2.51. The van der Waals surface area contributed by atoms with Gasteiger partial charge >= 0.3 is 0 Å². The molecule has 6 heteroatoms. The molecule has 1 fully saturated rings. The number of ether oxygens (including phenoxy) is 3. The third-order valence-electron chi connectivity index (χ3n) is 2.94. The summed E-state index contributed by atoms with van der Waals surface area (Å²) >= 11 is 10.5. The molecule has 0 aromatic heterocycles. The first-order chi connectivity index (χ1) is 8.56. The number of benzene rings is 1. The Kier molecular flexibility index (Phi) is 4.97. The van der Waals surface area contributed by atoms with E-state index in [1.165, 1.54) is 0 Å². The van der Waals surface area contributed by atoms with Crippen molar-refractivity contribution in [2.75, 3.05) is 14.2 Å². The lowest BCUT2D eigenvalue weighted by atomic mass is 9.91. The molecule has 1 saturated carbocycles. The van der Waals surface area contributed by atoms with Crippen LogP contribution >= 0.6 is 47.8 Å². The summed E-state index contributed by atoms with van der Waals surface area (Å²) in [5.74, 6) is 1.55. The fourth-order valence-electron chi connectivity index (χ4n) is 1.86. The topological polar surface area (TPSA) is 27.7 Å². The van der Waals surface area contributed by atoms with Gasteiger partial charge in [-0.2, -0.15) is 0 Å². The Morgan fingerprint density at radius 2 is 1.72 bits per heavy atom. The minimum absolute atomic E-state index is 0.0796. The second-order valence-electron chi connectivity index (χ2n) is 4.03. The number of hydrogen-bond acceptors (Lipinski definition) is 3. The van der Waals surface area contributed by atoms with E-state index in [0.29, 0.717) is 4.83 Å². The van der Waals surface area contributed by atoms with Gasteiger partial charge in [0.15, 0.2) is 0 Å². The largest absolute Gasteiger partial charge is 0.496 e. The van der Waals surface area contributed by atoms with Crippen LogP contribution in [0, 0.1) is 0 Å². The van der Waals surface area contributed by atoms with Crippen LogP contribution in [-0.2, 0) is 4.74 Å². The SMILES string of the molecule is COc1cc(Br)c(OC2CC(Br)C2OC)cc1Br. The molecule has 1 aromatic rings. The van der Waals surface area contributed by atoms with Crippen LogP contribution in [-0.4, -0.2) is 31.3 Å². The van der Waals surface area contributed by atoms with Crippen molar-refractivity contribution in [3.63, 3.8) is 0 Å². The van der Waals surface area contributed by atoms with Gasteiger partial charge in [-0.25, -0.2) is 0 Å². The summed E-state index contributed by atoms with van der Waals surface area (Å²) in [6.45, 7) is 0. The number of alkyl halides is 1. The second-order valence-corrected chi connectivity index (χ2v) is 6.91. The van der Waals surface area contributed by atoms with E-state index in [1.54, 1.807) is 14.2 Å². The van der Waals surface area contributed by atoms with Gasteiger partial charge in [-0.05, 0) is 44.0 Å². The molecule has 0 saturated heterocycles. The fraction of sp³-hybridized carbons (Fsp3) is 0.500. The van der Waals surface area contributed by atoms with Crippen LogP contribution in [0.25, 0.3) is 0 Å². The molecule has 18 heavy (non-hydrogen) atoms. The first-order valence-electron chi connectivity index (χ1n) is 5.43. The van der Waals surface area contributed by atoms with Crippen molar-refractivity contribution >= 4 is 47.8 Å². The highest BCUT2D eigenvalue weighted by molar-refractivity contribution is 9.11. The van der Waals surface area contributed by atoms with E-state index in [0.717, 1.165) is 26.9 Å². The molecular formula is C12H13Br3O3. The highest BCUT2D eigenvalue weighted by atomic mass is 79.9. The molecule has 3 nitrogen and oxygen atoms in total. The van der Waals surface area contributed by atoms with Crippen LogP contribution in [0.3, 0.4) is 0 Å². The van der Waals surface area contributed by atoms with Gasteiger partial charge in [-0.1, -0.05) is 15.9 Å². The standard InChI is InChI=1S/C12H13Br3O3/c1-16-9-3-7(14)10(4-6(9)13)18-11-5-8(15)12(11)17-2/h3-4,8,11-12H,5H2,1-2H3. The van der Waals surface area contributed by atoms with E-state index in [-0.39, 0.29) is 12.2 Å². The van der Waals surface area contributed by atoms with E-state index in [9.17, 15) is 0 Å². The highest BCUT2D eigenvalue weighted by Gasteiger charge is 2.42. The molecule has 0 N–H and O–H groups in total. The maximum absolute atomic E-state index is 5.95. The molecule has 0 bridgehead atoms. The Balaban J connectivity index is 2.13. The molecular weight excluding hydrogens is 432 g/mol. The zero-order valence-corrected chi connectivity index (χ0v) is 14.7. The van der Waals surface area contributed by atoms with Gasteiger partial charge in [0.2, 0.25) is 0 Å². The van der Waals surface area contributed by atoms with Crippen LogP contribution in [0.15, 0.2) is 21.1 Å². The van der Waals surface area contributed by atoms with Gasteiger partial charge in [0, 0.05) is 18.4 Å². The van der Waals surface area contributed by atoms with Gasteiger partial charge in [0.25, 0.3) is 0 Å². The normalized spacial score (nSPS) is 26.6. The summed E-state index contributed by atoms with van der Waals surface area (Å²) in [5, 5.41) is 0. The zero-order valence-electron chi connectivity index (χ0n) is 9.95. The second kappa shape index (κ2) is 6.11. The van der Waals surface area contributed by atoms with Crippen molar-refractivity contribution in [3.05, 3.63) is 21.1 Å². The molecule has 0 spiro atoms. The molecule has 1 aliphatic rings. The summed E-state index contributed by atoms with van der Waals surface area (Å²) < 4.78 is 18.3. The lowest BCUT2D eigenvalue weighted by Gasteiger charge is -2.40. The summed E-state index contributed by atoms with van der Waals surface area (Å²) in [4.78, 5) is 0.368. The molecule has 0 amide bonds. The Hall–Kier alpha value is 0.220. The van der Waals surface area contributed by atoms with Crippen LogP contribution < -0.4 is 9.47 Å². The average molecular weight is 445 g/mol. The molecule has 3 unspecified atom stereocenters. The third-order valence-corrected chi connectivity index (χ3v) is 5.07. The predicted octanol–water partition coefficient (Wildman–Crippen LogP) is 4.15. The van der Waals surface area contributed by atoms with Gasteiger partial charge < -0.3 is 14.2 Å². The van der Waals surface area contributed by atoms with Crippen molar-refractivity contribution in [2.45, 2.75) is 23.5 Å². The average Bonchev–Trinajstić information content (AvgIpc) is 2.32. The van der Waals surface area contributed by atoms with E-state index >= 15 is 0 Å². The van der Waals surface area contributed by atoms with E-state index < -0.39 is 0 Å². The molecule has 0 radical (unpaired) electrons. The highest BCUT2D eigenvalue weighted by Crippen LogP contribution is 2.40. The summed E-state index contributed by atoms with van der Waals surface area (Å²) in [5.41, 5.74) is 0. The molecule has 1 aromatic carbocycles. The molecule has 2 rings (SSSR count). The van der Waals surface area contributed by atoms with Crippen LogP contribution in [0.1, 0.15) is 6.42 Å². The first-order valence-corrected chi connectivity index (χ1v) is 7.93. The number of methoxy groups -OCH3 is 2. The minimum Gasteiger partial charge on any atom is -0.496 e. The molecule has 3 atom stereocenters. The molecule has 0 aliphatic heterocycles. The first kappa shape index (κ1) is 14.6. The monoisotopic (exact) mass is 442 g/mol. The van der Waals surface area contributed by atoms with Gasteiger partial charge in [-0.3, -0.25) is 0 Å². The van der Waals surface area contributed by atoms with Crippen LogP contribution in [0.4, 0.5) is 0 Å². The van der Waals surface area contributed by atoms with E-state index in [4.69, 9.17) is 14.2 Å². The molecule has 0 heterocycles. The predicted molar refractivity (Wildman–Crippen MR) is 80.9 cm³/mol. The summed E-state index contributed by atoms with van der Waals surface area (Å²) in [6.07, 6.45) is 1.11. The quantitative estimate of drug-likeness (QED) is 0.653. The number of rotatable bonds is 4. The number of halogens is 3. The Morgan fingerprint density at radius 1 is 1.11 bits per heavy atom. The van der Waals surface area contributed by atoms with E-state index in [2.05, 4.69) is 47.8 Å². The molecule has 100 valence electrons. The molecule has 1 aliphatic carbocycles. The maximum Gasteiger partial charge on any atom is 0.135 e. The van der Waals surface area contributed by atoms with Crippen molar-refractivity contribution in [1.29, 1.82) is 0 Å². The van der Waals surface area contributed by atoms with Crippen molar-refractivity contribution < 1.29 is 14.2 Å². The Labute approximate surface area is 132 Å². The lowest BCUT2D eigenvalue weighted by molar-refractivity contribution is -0.0548. The van der Waals surface area contributed by atoms with E-state index in [1.807, 2.05) is 12.1 Å². The zero-order chi connectivity index (χ0) is 13.3. The van der Waals surface area contributed by atoms with Crippen molar-refractivity contribution in [2.24, 2.45) is 0 Å². The Morgan fingerprint density at radius 3 is 2.28 bits per heavy atom. The summed E-state index contributed by atoms with van der Waals surface area (Å²) in [6, 6.07) is 3.78. The number of hydrogen-bond donors (Lipinski definition) is 0. The minimum atomic E-state index is 0.0796. The van der Waals surface area contributed by atoms with Crippen molar-refractivity contribution in [1.82, 2.24) is 0 Å². The van der Waals surface area contributed by atoms with Crippen LogP contribution in [0.5, 0.6) is 11.5 Å². The third kappa shape index (κ3) is 2.86. The van der Waals surface area contributed by atoms with Gasteiger partial charge in [0.05, 0.1) is 16.1 Å². The smallest absolute Gasteiger partial charge is 0.135 e. The van der Waals surface area contributed by atoms with Gasteiger partial charge in [0.1, 0.15) is 23.7 Å².